The van der Waals surface area contributed by atoms with E-state index in [-0.39, 0.29) is 11.4 Å². The molecule has 0 aliphatic heterocycles. The number of hydrogen-bond donors (Lipinski definition) is 1. The maximum Gasteiger partial charge on any atom is 0.244 e. The summed E-state index contributed by atoms with van der Waals surface area (Å²) in [6.07, 6.45) is 0.841. The SMILES string of the molecule is COC(CNS(=O)(=O)c1cn(C)nc1-c1cccs1)OC. The van der Waals surface area contributed by atoms with Gasteiger partial charge >= 0.3 is 0 Å². The van der Waals surface area contributed by atoms with Crippen molar-refractivity contribution in [2.45, 2.75) is 11.2 Å². The Kier molecular flexibility index (Phi) is 5.12. The molecule has 0 unspecified atom stereocenters. The van der Waals surface area contributed by atoms with Crippen molar-refractivity contribution in [3.8, 4) is 10.6 Å². The van der Waals surface area contributed by atoms with Crippen LogP contribution in [0.5, 0.6) is 0 Å². The lowest BCUT2D eigenvalue weighted by molar-refractivity contribution is -0.0960. The molecule has 0 amide bonds. The minimum atomic E-state index is -3.70. The number of ether oxygens (including phenoxy) is 2. The highest BCUT2D eigenvalue weighted by atomic mass is 32.2. The second-order valence-corrected chi connectivity index (χ2v) is 6.93. The molecule has 0 aliphatic rings. The van der Waals surface area contributed by atoms with Crippen molar-refractivity contribution in [1.82, 2.24) is 14.5 Å². The van der Waals surface area contributed by atoms with Crippen LogP contribution in [0.3, 0.4) is 0 Å². The van der Waals surface area contributed by atoms with Gasteiger partial charge in [-0.25, -0.2) is 13.1 Å². The second-order valence-electron chi connectivity index (χ2n) is 4.25. The molecular formula is C12H17N3O4S2. The van der Waals surface area contributed by atoms with Crippen molar-refractivity contribution in [3.63, 3.8) is 0 Å². The summed E-state index contributed by atoms with van der Waals surface area (Å²) < 4.78 is 38.7. The van der Waals surface area contributed by atoms with Crippen LogP contribution in [0.1, 0.15) is 0 Å². The van der Waals surface area contributed by atoms with Crippen LogP contribution in [-0.2, 0) is 26.5 Å². The van der Waals surface area contributed by atoms with Crippen LogP contribution in [0, 0.1) is 0 Å². The zero-order valence-corrected chi connectivity index (χ0v) is 13.6. The van der Waals surface area contributed by atoms with E-state index in [1.54, 1.807) is 7.05 Å². The highest BCUT2D eigenvalue weighted by molar-refractivity contribution is 7.89. The van der Waals surface area contributed by atoms with Crippen LogP contribution in [0.25, 0.3) is 10.6 Å². The van der Waals surface area contributed by atoms with E-state index in [0.29, 0.717) is 5.69 Å². The molecule has 2 aromatic rings. The van der Waals surface area contributed by atoms with E-state index in [0.717, 1.165) is 4.88 Å². The molecule has 0 aromatic carbocycles. The van der Waals surface area contributed by atoms with Crippen LogP contribution in [-0.4, -0.2) is 45.3 Å². The third-order valence-electron chi connectivity index (χ3n) is 2.81. The first-order chi connectivity index (χ1) is 9.97. The quantitative estimate of drug-likeness (QED) is 0.767. The first kappa shape index (κ1) is 16.1. The van der Waals surface area contributed by atoms with E-state index in [1.807, 2.05) is 17.5 Å². The minimum Gasteiger partial charge on any atom is -0.355 e. The van der Waals surface area contributed by atoms with Crippen LogP contribution >= 0.6 is 11.3 Å². The standard InChI is InChI=1S/C12H17N3O4S2/c1-15-8-10(12(14-15)9-5-4-6-20-9)21(16,17)13-7-11(18-2)19-3/h4-6,8,11,13H,7H2,1-3H3. The van der Waals surface area contributed by atoms with Crippen molar-refractivity contribution in [3.05, 3.63) is 23.7 Å². The molecule has 21 heavy (non-hydrogen) atoms. The summed E-state index contributed by atoms with van der Waals surface area (Å²) in [6.45, 7) is 0.0219. The monoisotopic (exact) mass is 331 g/mol. The molecule has 0 bridgehead atoms. The molecule has 2 rings (SSSR count). The fourth-order valence-corrected chi connectivity index (χ4v) is 3.76. The highest BCUT2D eigenvalue weighted by Crippen LogP contribution is 2.29. The summed E-state index contributed by atoms with van der Waals surface area (Å²) in [6, 6.07) is 3.68. The van der Waals surface area contributed by atoms with Gasteiger partial charge in [-0.15, -0.1) is 11.3 Å². The molecule has 0 saturated carbocycles. The topological polar surface area (TPSA) is 82.5 Å². The van der Waals surface area contributed by atoms with E-state index < -0.39 is 16.3 Å². The number of methoxy groups -OCH3 is 2. The summed E-state index contributed by atoms with van der Waals surface area (Å²) in [7, 11) is 0.882. The largest absolute Gasteiger partial charge is 0.355 e. The molecule has 0 atom stereocenters. The molecule has 2 heterocycles. The van der Waals surface area contributed by atoms with Gasteiger partial charge in [-0.1, -0.05) is 6.07 Å². The third kappa shape index (κ3) is 3.69. The van der Waals surface area contributed by atoms with Crippen LogP contribution < -0.4 is 4.72 Å². The van der Waals surface area contributed by atoms with E-state index in [1.165, 1.54) is 36.4 Å². The number of hydrogen-bond acceptors (Lipinski definition) is 6. The lowest BCUT2D eigenvalue weighted by atomic mass is 10.3. The van der Waals surface area contributed by atoms with Crippen molar-refractivity contribution in [2.24, 2.45) is 7.05 Å². The van der Waals surface area contributed by atoms with Crippen LogP contribution in [0.4, 0.5) is 0 Å². The van der Waals surface area contributed by atoms with Crippen LogP contribution in [0.2, 0.25) is 0 Å². The Hall–Kier alpha value is -1.26. The van der Waals surface area contributed by atoms with Gasteiger partial charge in [0, 0.05) is 27.5 Å². The summed E-state index contributed by atoms with van der Waals surface area (Å²) in [4.78, 5) is 0.935. The molecule has 0 aliphatic carbocycles. The first-order valence-corrected chi connectivity index (χ1v) is 8.47. The lowest BCUT2D eigenvalue weighted by Crippen LogP contribution is -2.34. The number of aromatic nitrogens is 2. The number of thiophene rings is 1. The number of aryl methyl sites for hydroxylation is 1. The fourth-order valence-electron chi connectivity index (χ4n) is 1.77. The zero-order valence-electron chi connectivity index (χ0n) is 11.9. The summed E-state index contributed by atoms with van der Waals surface area (Å²) in [5.41, 5.74) is 0.436. The van der Waals surface area contributed by atoms with Crippen molar-refractivity contribution < 1.29 is 17.9 Å². The van der Waals surface area contributed by atoms with Crippen molar-refractivity contribution in [2.75, 3.05) is 20.8 Å². The summed E-state index contributed by atoms with van der Waals surface area (Å²) in [5, 5.41) is 6.11. The average Bonchev–Trinajstić information content (AvgIpc) is 3.08. The third-order valence-corrected chi connectivity index (χ3v) is 5.11. The summed E-state index contributed by atoms with van der Waals surface area (Å²) >= 11 is 1.44. The molecule has 7 nitrogen and oxygen atoms in total. The van der Waals surface area contributed by atoms with Gasteiger partial charge in [0.15, 0.2) is 6.29 Å². The van der Waals surface area contributed by atoms with E-state index in [9.17, 15) is 8.42 Å². The normalized spacial score (nSPS) is 12.2. The number of nitrogens with one attached hydrogen (secondary N) is 1. The van der Waals surface area contributed by atoms with Crippen molar-refractivity contribution >= 4 is 21.4 Å². The van der Waals surface area contributed by atoms with Gasteiger partial charge < -0.3 is 9.47 Å². The molecule has 0 radical (unpaired) electrons. The van der Waals surface area contributed by atoms with Crippen molar-refractivity contribution in [1.29, 1.82) is 0 Å². The maximum atomic E-state index is 12.4. The minimum absolute atomic E-state index is 0.0219. The lowest BCUT2D eigenvalue weighted by Gasteiger charge is -2.14. The van der Waals surface area contributed by atoms with Gasteiger partial charge in [0.2, 0.25) is 10.0 Å². The Balaban J connectivity index is 2.28. The predicted molar refractivity (Wildman–Crippen MR) is 79.5 cm³/mol. The van der Waals surface area contributed by atoms with Gasteiger partial charge in [-0.3, -0.25) is 4.68 Å². The molecule has 9 heteroatoms. The van der Waals surface area contributed by atoms with E-state index in [2.05, 4.69) is 9.82 Å². The number of rotatable bonds is 7. The molecular weight excluding hydrogens is 314 g/mol. The van der Waals surface area contributed by atoms with E-state index >= 15 is 0 Å². The maximum absolute atomic E-state index is 12.4. The van der Waals surface area contributed by atoms with Gasteiger partial charge in [0.05, 0.1) is 11.4 Å². The Morgan fingerprint density at radius 2 is 2.14 bits per heavy atom. The van der Waals surface area contributed by atoms with E-state index in [4.69, 9.17) is 9.47 Å². The number of nitrogens with zero attached hydrogens (tertiary/aromatic N) is 2. The molecule has 0 saturated heterocycles. The fraction of sp³-hybridized carbons (Fsp3) is 0.417. The second kappa shape index (κ2) is 6.67. The van der Waals surface area contributed by atoms with Gasteiger partial charge in [-0.2, -0.15) is 5.10 Å². The highest BCUT2D eigenvalue weighted by Gasteiger charge is 2.24. The Morgan fingerprint density at radius 3 is 2.71 bits per heavy atom. The number of sulfonamides is 1. The zero-order chi connectivity index (χ0) is 15.5. The molecule has 0 fully saturated rings. The Bertz CT molecular complexity index is 675. The van der Waals surface area contributed by atoms with Crippen LogP contribution in [0.15, 0.2) is 28.6 Å². The Labute approximate surface area is 127 Å². The van der Waals surface area contributed by atoms with Gasteiger partial charge in [0.1, 0.15) is 10.6 Å². The average molecular weight is 331 g/mol. The molecule has 2 aromatic heterocycles. The molecule has 0 spiro atoms. The Morgan fingerprint density at radius 1 is 1.43 bits per heavy atom. The predicted octanol–water partition coefficient (Wildman–Crippen LogP) is 1.05. The summed E-state index contributed by atoms with van der Waals surface area (Å²) in [5.74, 6) is 0. The van der Waals surface area contributed by atoms with Gasteiger partial charge in [-0.05, 0) is 11.4 Å². The molecule has 1 N–H and O–H groups in total. The molecule has 116 valence electrons. The van der Waals surface area contributed by atoms with Gasteiger partial charge in [0.25, 0.3) is 0 Å². The first-order valence-electron chi connectivity index (χ1n) is 6.10. The smallest absolute Gasteiger partial charge is 0.244 e.